The largest absolute Gasteiger partial charge is 0.497 e. The van der Waals surface area contributed by atoms with E-state index in [0.717, 1.165) is 11.3 Å². The van der Waals surface area contributed by atoms with Gasteiger partial charge in [0.05, 0.1) is 31.5 Å². The number of benzene rings is 1. The summed E-state index contributed by atoms with van der Waals surface area (Å²) < 4.78 is 25.4. The molecule has 3 rings (SSSR count). The summed E-state index contributed by atoms with van der Waals surface area (Å²) in [4.78, 5) is 6.05. The number of pyridine rings is 1. The minimum absolute atomic E-state index is 0.0136. The Morgan fingerprint density at radius 3 is 2.48 bits per heavy atom. The van der Waals surface area contributed by atoms with Gasteiger partial charge in [-0.15, -0.1) is 0 Å². The first kappa shape index (κ1) is 19.2. The van der Waals surface area contributed by atoms with Crippen molar-refractivity contribution in [1.82, 2.24) is 4.98 Å². The van der Waals surface area contributed by atoms with Crippen LogP contribution in [-0.2, 0) is 11.3 Å². The Bertz CT molecular complexity index is 848. The number of hydrogen-bond donors (Lipinski definition) is 1. The average Bonchev–Trinajstić information content (AvgIpc) is 2.66. The van der Waals surface area contributed by atoms with E-state index >= 15 is 0 Å². The molecule has 0 bridgehead atoms. The summed E-state index contributed by atoms with van der Waals surface area (Å²) >= 11 is 0. The number of aromatic nitrogens is 1. The number of rotatable bonds is 3. The van der Waals surface area contributed by atoms with E-state index in [2.05, 4.69) is 16.8 Å². The number of aliphatic hydroxyl groups excluding tert-OH is 1. The number of aliphatic hydroxyl groups is 1. The van der Waals surface area contributed by atoms with Crippen molar-refractivity contribution < 1.29 is 19.0 Å². The average molecular weight is 370 g/mol. The van der Waals surface area contributed by atoms with E-state index in [1.165, 1.54) is 0 Å². The molecule has 1 aliphatic heterocycles. The third kappa shape index (κ3) is 4.57. The second-order valence-corrected chi connectivity index (χ2v) is 6.61. The molecule has 142 valence electrons. The quantitative estimate of drug-likeness (QED) is 0.665. The first-order valence-electron chi connectivity index (χ1n) is 8.87. The van der Waals surface area contributed by atoms with Gasteiger partial charge in [-0.3, -0.25) is 0 Å². The van der Waals surface area contributed by atoms with Crippen LogP contribution < -0.4 is 9.64 Å². The van der Waals surface area contributed by atoms with E-state index in [0.29, 0.717) is 24.5 Å². The lowest BCUT2D eigenvalue weighted by Crippen LogP contribution is -2.46. The summed E-state index contributed by atoms with van der Waals surface area (Å²) in [6, 6.07) is 8.76. The molecular formula is C21H23FN2O3. The van der Waals surface area contributed by atoms with E-state index in [-0.39, 0.29) is 24.4 Å². The molecule has 1 aromatic carbocycles. The van der Waals surface area contributed by atoms with Gasteiger partial charge in [-0.1, -0.05) is 11.8 Å². The van der Waals surface area contributed by atoms with Crippen molar-refractivity contribution >= 4 is 5.82 Å². The molecule has 0 spiro atoms. The Morgan fingerprint density at radius 1 is 1.22 bits per heavy atom. The van der Waals surface area contributed by atoms with Gasteiger partial charge in [0.15, 0.2) is 0 Å². The normalized spacial score (nSPS) is 19.4. The van der Waals surface area contributed by atoms with Gasteiger partial charge in [-0.2, -0.15) is 4.39 Å². The number of morpholine rings is 1. The molecule has 1 saturated heterocycles. The van der Waals surface area contributed by atoms with E-state index < -0.39 is 5.95 Å². The zero-order valence-corrected chi connectivity index (χ0v) is 15.7. The summed E-state index contributed by atoms with van der Waals surface area (Å²) in [7, 11) is 1.59. The monoisotopic (exact) mass is 370 g/mol. The van der Waals surface area contributed by atoms with Crippen LogP contribution in [0.5, 0.6) is 5.75 Å². The second-order valence-electron chi connectivity index (χ2n) is 6.61. The Balaban J connectivity index is 1.89. The van der Waals surface area contributed by atoms with Crippen molar-refractivity contribution in [2.75, 3.05) is 25.1 Å². The lowest BCUT2D eigenvalue weighted by molar-refractivity contribution is -0.00561. The topological polar surface area (TPSA) is 54.8 Å². The summed E-state index contributed by atoms with van der Waals surface area (Å²) in [5.74, 6) is 6.26. The van der Waals surface area contributed by atoms with Crippen LogP contribution in [-0.4, -0.2) is 42.5 Å². The van der Waals surface area contributed by atoms with Gasteiger partial charge in [0.2, 0.25) is 5.95 Å². The predicted octanol–water partition coefficient (Wildman–Crippen LogP) is 2.74. The fraction of sp³-hybridized carbons (Fsp3) is 0.381. The zero-order chi connectivity index (χ0) is 19.4. The highest BCUT2D eigenvalue weighted by molar-refractivity contribution is 5.53. The van der Waals surface area contributed by atoms with Crippen molar-refractivity contribution in [1.29, 1.82) is 0 Å². The number of hydrogen-bond acceptors (Lipinski definition) is 5. The maximum absolute atomic E-state index is 14.6. The van der Waals surface area contributed by atoms with Crippen molar-refractivity contribution in [2.24, 2.45) is 0 Å². The lowest BCUT2D eigenvalue weighted by Gasteiger charge is -2.36. The molecule has 5 nitrogen and oxygen atoms in total. The highest BCUT2D eigenvalue weighted by atomic mass is 19.1. The van der Waals surface area contributed by atoms with Gasteiger partial charge in [0.1, 0.15) is 11.6 Å². The summed E-state index contributed by atoms with van der Waals surface area (Å²) in [5.41, 5.74) is 1.45. The van der Waals surface area contributed by atoms with E-state index in [4.69, 9.17) is 9.47 Å². The number of methoxy groups -OCH3 is 1. The van der Waals surface area contributed by atoms with Crippen molar-refractivity contribution in [2.45, 2.75) is 32.7 Å². The van der Waals surface area contributed by atoms with Crippen LogP contribution in [0.2, 0.25) is 0 Å². The standard InChI is InChI=1S/C21H23FN2O3/c1-14-11-24(12-15(2)27-14)21-18(13-25)10-17(20(22)23-21)7-4-16-5-8-19(26-3)9-6-16/h5-6,8-10,14-15,25H,11-13H2,1-3H3/t14-,15+. The zero-order valence-electron chi connectivity index (χ0n) is 15.7. The van der Waals surface area contributed by atoms with E-state index in [1.54, 1.807) is 37.4 Å². The Hall–Kier alpha value is -2.62. The number of nitrogens with zero attached hydrogens (tertiary/aromatic N) is 2. The smallest absolute Gasteiger partial charge is 0.230 e. The molecule has 1 aliphatic rings. The number of ether oxygens (including phenoxy) is 2. The van der Waals surface area contributed by atoms with Gasteiger partial charge in [-0.05, 0) is 44.2 Å². The number of anilines is 1. The minimum Gasteiger partial charge on any atom is -0.497 e. The summed E-state index contributed by atoms with van der Waals surface area (Å²) in [6.45, 7) is 4.89. The van der Waals surface area contributed by atoms with Gasteiger partial charge < -0.3 is 19.5 Å². The molecule has 0 amide bonds. The Kier molecular flexibility index (Phi) is 5.94. The van der Waals surface area contributed by atoms with Crippen molar-refractivity contribution in [3.05, 3.63) is 53.0 Å². The molecule has 2 atom stereocenters. The summed E-state index contributed by atoms with van der Waals surface area (Å²) in [5, 5.41) is 9.76. The third-order valence-electron chi connectivity index (χ3n) is 4.35. The molecule has 0 aliphatic carbocycles. The Labute approximate surface area is 158 Å². The van der Waals surface area contributed by atoms with Gasteiger partial charge in [-0.25, -0.2) is 4.98 Å². The maximum atomic E-state index is 14.6. The van der Waals surface area contributed by atoms with E-state index in [9.17, 15) is 9.50 Å². The van der Waals surface area contributed by atoms with Gasteiger partial charge in [0.25, 0.3) is 0 Å². The maximum Gasteiger partial charge on any atom is 0.230 e. The van der Waals surface area contributed by atoms with Gasteiger partial charge in [0, 0.05) is 24.2 Å². The molecule has 2 aromatic rings. The van der Waals surface area contributed by atoms with Crippen LogP contribution in [0, 0.1) is 17.8 Å². The fourth-order valence-electron chi connectivity index (χ4n) is 3.17. The van der Waals surface area contributed by atoms with Gasteiger partial charge >= 0.3 is 0 Å². The second kappa shape index (κ2) is 8.38. The Morgan fingerprint density at radius 2 is 1.89 bits per heavy atom. The van der Waals surface area contributed by atoms with Crippen LogP contribution in [0.15, 0.2) is 30.3 Å². The van der Waals surface area contributed by atoms with Crippen LogP contribution in [0.1, 0.15) is 30.5 Å². The summed E-state index contributed by atoms with van der Waals surface area (Å²) in [6.07, 6.45) is 0.0272. The molecule has 1 N–H and O–H groups in total. The fourth-order valence-corrected chi connectivity index (χ4v) is 3.17. The molecule has 27 heavy (non-hydrogen) atoms. The minimum atomic E-state index is -0.644. The molecular weight excluding hydrogens is 347 g/mol. The van der Waals surface area contributed by atoms with Crippen LogP contribution >= 0.6 is 0 Å². The van der Waals surface area contributed by atoms with E-state index in [1.807, 2.05) is 18.7 Å². The molecule has 0 saturated carbocycles. The first-order valence-corrected chi connectivity index (χ1v) is 8.87. The van der Waals surface area contributed by atoms with Crippen LogP contribution in [0.3, 0.4) is 0 Å². The van der Waals surface area contributed by atoms with Crippen molar-refractivity contribution in [3.63, 3.8) is 0 Å². The molecule has 2 heterocycles. The van der Waals surface area contributed by atoms with Crippen LogP contribution in [0.25, 0.3) is 0 Å². The molecule has 1 fully saturated rings. The molecule has 6 heteroatoms. The lowest BCUT2D eigenvalue weighted by atomic mass is 10.1. The van der Waals surface area contributed by atoms with Crippen molar-refractivity contribution in [3.8, 4) is 17.6 Å². The molecule has 0 radical (unpaired) electrons. The first-order chi connectivity index (χ1) is 13.0. The highest BCUT2D eigenvalue weighted by Crippen LogP contribution is 2.24. The van der Waals surface area contributed by atoms with Crippen LogP contribution in [0.4, 0.5) is 10.2 Å². The molecule has 1 aromatic heterocycles. The predicted molar refractivity (Wildman–Crippen MR) is 101 cm³/mol. The highest BCUT2D eigenvalue weighted by Gasteiger charge is 2.25. The third-order valence-corrected chi connectivity index (χ3v) is 4.35. The molecule has 0 unspecified atom stereocenters. The number of halogens is 1. The SMILES string of the molecule is COc1ccc(C#Cc2cc(CO)c(N3C[C@@H](C)O[C@@H](C)C3)nc2F)cc1.